The van der Waals surface area contributed by atoms with Crippen LogP contribution in [-0.4, -0.2) is 50.4 Å². The summed E-state index contributed by atoms with van der Waals surface area (Å²) in [7, 11) is -3.02. The van der Waals surface area contributed by atoms with E-state index in [1.54, 1.807) is 23.1 Å². The largest absolute Gasteiger partial charge is 0.338 e. The lowest BCUT2D eigenvalue weighted by Gasteiger charge is -2.19. The van der Waals surface area contributed by atoms with Crippen LogP contribution >= 0.6 is 0 Å². The summed E-state index contributed by atoms with van der Waals surface area (Å²) in [4.78, 5) is 14.0. The molecule has 112 valence electrons. The van der Waals surface area contributed by atoms with E-state index in [1.807, 2.05) is 6.07 Å². The van der Waals surface area contributed by atoms with E-state index in [-0.39, 0.29) is 30.5 Å². The third kappa shape index (κ3) is 4.31. The average molecular weight is 306 g/mol. The van der Waals surface area contributed by atoms with Gasteiger partial charge in [-0.3, -0.25) is 4.79 Å². The summed E-state index contributed by atoms with van der Waals surface area (Å²) in [5.41, 5.74) is 6.58. The molecule has 1 aromatic carbocycles. The molecule has 1 saturated heterocycles. The number of nitrogens with zero attached hydrogens (tertiary/aromatic N) is 1. The molecule has 5 nitrogen and oxygen atoms in total. The molecule has 0 spiro atoms. The Hall–Kier alpha value is -1.84. The predicted molar refractivity (Wildman–Crippen MR) is 81.5 cm³/mol. The molecule has 1 fully saturated rings. The smallest absolute Gasteiger partial charge is 0.253 e. The molecule has 0 bridgehead atoms. The molecule has 1 aliphatic heterocycles. The monoisotopic (exact) mass is 306 g/mol. The van der Waals surface area contributed by atoms with E-state index >= 15 is 0 Å². The Labute approximate surface area is 125 Å². The number of rotatable bonds is 1. The molecule has 21 heavy (non-hydrogen) atoms. The molecule has 1 aromatic rings. The number of amides is 1. The molecular weight excluding hydrogens is 288 g/mol. The third-order valence-electron chi connectivity index (χ3n) is 3.29. The van der Waals surface area contributed by atoms with Gasteiger partial charge in [-0.1, -0.05) is 17.9 Å². The third-order valence-corrected chi connectivity index (χ3v) is 5.00. The minimum Gasteiger partial charge on any atom is -0.338 e. The summed E-state index contributed by atoms with van der Waals surface area (Å²) in [5, 5.41) is 0. The molecule has 1 aliphatic rings. The fourth-order valence-corrected chi connectivity index (χ4v) is 3.48. The van der Waals surface area contributed by atoms with Crippen molar-refractivity contribution in [2.45, 2.75) is 6.42 Å². The van der Waals surface area contributed by atoms with Crippen LogP contribution in [0.15, 0.2) is 24.3 Å². The molecule has 0 aromatic heterocycles. The van der Waals surface area contributed by atoms with Crippen molar-refractivity contribution in [1.82, 2.24) is 4.90 Å². The lowest BCUT2D eigenvalue weighted by molar-refractivity contribution is 0.0768. The standard InChI is InChI=1S/C15H18N2O3S/c16-7-2-5-13-4-1-6-14(12-13)15(18)17-8-3-10-21(19,20)11-9-17/h1,4,6,12H,3,7-11,16H2. The van der Waals surface area contributed by atoms with Gasteiger partial charge in [0, 0.05) is 24.2 Å². The van der Waals surface area contributed by atoms with Crippen LogP contribution in [0.4, 0.5) is 0 Å². The highest BCUT2D eigenvalue weighted by atomic mass is 32.2. The van der Waals surface area contributed by atoms with Gasteiger partial charge in [-0.2, -0.15) is 0 Å². The first-order valence-electron chi connectivity index (χ1n) is 6.80. The molecule has 2 rings (SSSR count). The quantitative estimate of drug-likeness (QED) is 0.755. The zero-order valence-electron chi connectivity index (χ0n) is 11.7. The van der Waals surface area contributed by atoms with Crippen LogP contribution in [0, 0.1) is 11.8 Å². The number of carbonyl (C=O) groups is 1. The number of hydrogen-bond acceptors (Lipinski definition) is 4. The van der Waals surface area contributed by atoms with Crippen molar-refractivity contribution in [3.8, 4) is 11.8 Å². The van der Waals surface area contributed by atoms with Crippen molar-refractivity contribution in [3.05, 3.63) is 35.4 Å². The van der Waals surface area contributed by atoms with Crippen molar-refractivity contribution >= 4 is 15.7 Å². The fourth-order valence-electron chi connectivity index (χ4n) is 2.21. The van der Waals surface area contributed by atoms with Gasteiger partial charge in [0.05, 0.1) is 18.1 Å². The highest BCUT2D eigenvalue weighted by Crippen LogP contribution is 2.12. The molecule has 0 atom stereocenters. The maximum Gasteiger partial charge on any atom is 0.253 e. The first-order chi connectivity index (χ1) is 10.0. The van der Waals surface area contributed by atoms with Gasteiger partial charge in [-0.25, -0.2) is 8.42 Å². The number of hydrogen-bond donors (Lipinski definition) is 1. The van der Waals surface area contributed by atoms with E-state index in [0.29, 0.717) is 18.5 Å². The van der Waals surface area contributed by atoms with Crippen molar-refractivity contribution in [1.29, 1.82) is 0 Å². The molecular formula is C15H18N2O3S. The summed E-state index contributed by atoms with van der Waals surface area (Å²) in [6, 6.07) is 7.01. The van der Waals surface area contributed by atoms with Gasteiger partial charge in [0.1, 0.15) is 0 Å². The number of carbonyl (C=O) groups excluding carboxylic acids is 1. The Balaban J connectivity index is 2.16. The van der Waals surface area contributed by atoms with Crippen molar-refractivity contribution in [2.24, 2.45) is 5.73 Å². The lowest BCUT2D eigenvalue weighted by atomic mass is 10.1. The molecule has 0 radical (unpaired) electrons. The van der Waals surface area contributed by atoms with Gasteiger partial charge in [-0.15, -0.1) is 0 Å². The summed E-state index contributed by atoms with van der Waals surface area (Å²) in [5.74, 6) is 5.67. The Morgan fingerprint density at radius 1 is 1.29 bits per heavy atom. The Morgan fingerprint density at radius 2 is 2.10 bits per heavy atom. The summed E-state index contributed by atoms with van der Waals surface area (Å²) in [6.07, 6.45) is 0.487. The Bertz CT molecular complexity index is 686. The zero-order chi connectivity index (χ0) is 15.3. The van der Waals surface area contributed by atoms with Crippen LogP contribution in [0.5, 0.6) is 0 Å². The maximum atomic E-state index is 12.4. The SMILES string of the molecule is NCC#Cc1cccc(C(=O)N2CCCS(=O)(=O)CC2)c1. The summed E-state index contributed by atoms with van der Waals surface area (Å²) >= 11 is 0. The van der Waals surface area contributed by atoms with Gasteiger partial charge < -0.3 is 10.6 Å². The highest BCUT2D eigenvalue weighted by Gasteiger charge is 2.23. The van der Waals surface area contributed by atoms with Crippen LogP contribution < -0.4 is 5.73 Å². The van der Waals surface area contributed by atoms with E-state index in [9.17, 15) is 13.2 Å². The molecule has 0 unspecified atom stereocenters. The fraction of sp³-hybridized carbons (Fsp3) is 0.400. The molecule has 1 heterocycles. The number of benzene rings is 1. The second kappa shape index (κ2) is 6.74. The first kappa shape index (κ1) is 15.5. The Kier molecular flexibility index (Phi) is 4.99. The van der Waals surface area contributed by atoms with Gasteiger partial charge in [-0.05, 0) is 24.6 Å². The van der Waals surface area contributed by atoms with Gasteiger partial charge >= 0.3 is 0 Å². The van der Waals surface area contributed by atoms with E-state index in [4.69, 9.17) is 5.73 Å². The van der Waals surface area contributed by atoms with Crippen molar-refractivity contribution in [2.75, 3.05) is 31.1 Å². The van der Waals surface area contributed by atoms with Crippen LogP contribution in [0.25, 0.3) is 0 Å². The second-order valence-corrected chi connectivity index (χ2v) is 7.19. The minimum atomic E-state index is -3.02. The lowest BCUT2D eigenvalue weighted by Crippen LogP contribution is -2.33. The summed E-state index contributed by atoms with van der Waals surface area (Å²) < 4.78 is 23.2. The summed E-state index contributed by atoms with van der Waals surface area (Å²) in [6.45, 7) is 0.985. The number of nitrogens with two attached hydrogens (primary N) is 1. The van der Waals surface area contributed by atoms with Gasteiger partial charge in [0.15, 0.2) is 9.84 Å². The maximum absolute atomic E-state index is 12.4. The topological polar surface area (TPSA) is 80.5 Å². The average Bonchev–Trinajstić information content (AvgIpc) is 2.65. The molecule has 2 N–H and O–H groups in total. The van der Waals surface area contributed by atoms with Crippen LogP contribution in [0.2, 0.25) is 0 Å². The van der Waals surface area contributed by atoms with E-state index in [0.717, 1.165) is 5.56 Å². The van der Waals surface area contributed by atoms with Gasteiger partial charge in [0.2, 0.25) is 0 Å². The van der Waals surface area contributed by atoms with E-state index in [2.05, 4.69) is 11.8 Å². The number of sulfone groups is 1. The van der Waals surface area contributed by atoms with Gasteiger partial charge in [0.25, 0.3) is 5.91 Å². The predicted octanol–water partition coefficient (Wildman–Crippen LogP) is 0.258. The molecule has 0 aliphatic carbocycles. The molecule has 0 saturated carbocycles. The Morgan fingerprint density at radius 3 is 2.86 bits per heavy atom. The van der Waals surface area contributed by atoms with Crippen LogP contribution in [0.1, 0.15) is 22.3 Å². The van der Waals surface area contributed by atoms with Crippen molar-refractivity contribution in [3.63, 3.8) is 0 Å². The first-order valence-corrected chi connectivity index (χ1v) is 8.63. The minimum absolute atomic E-state index is 0.0331. The van der Waals surface area contributed by atoms with Crippen LogP contribution in [0.3, 0.4) is 0 Å². The zero-order valence-corrected chi connectivity index (χ0v) is 12.5. The van der Waals surface area contributed by atoms with E-state index < -0.39 is 9.84 Å². The second-order valence-electron chi connectivity index (χ2n) is 4.88. The molecule has 1 amide bonds. The molecule has 6 heteroatoms. The van der Waals surface area contributed by atoms with E-state index in [1.165, 1.54) is 0 Å². The highest BCUT2D eigenvalue weighted by molar-refractivity contribution is 7.91. The van der Waals surface area contributed by atoms with Crippen molar-refractivity contribution < 1.29 is 13.2 Å². The normalized spacial score (nSPS) is 17.5. The van der Waals surface area contributed by atoms with Crippen LogP contribution in [-0.2, 0) is 9.84 Å².